The average molecular weight is 222 g/mol. The van der Waals surface area contributed by atoms with E-state index in [-0.39, 0.29) is 0 Å². The lowest BCUT2D eigenvalue weighted by Gasteiger charge is -2.13. The molecule has 0 bridgehead atoms. The summed E-state index contributed by atoms with van der Waals surface area (Å²) in [5.41, 5.74) is 1.18. The molecule has 2 N–H and O–H groups in total. The van der Waals surface area contributed by atoms with E-state index in [2.05, 4.69) is 20.2 Å². The van der Waals surface area contributed by atoms with E-state index in [4.69, 9.17) is 0 Å². The van der Waals surface area contributed by atoms with E-state index < -0.39 is 0 Å². The highest BCUT2D eigenvalue weighted by Gasteiger charge is 2.09. The van der Waals surface area contributed by atoms with Gasteiger partial charge in [-0.1, -0.05) is 0 Å². The second-order valence-corrected chi connectivity index (χ2v) is 4.57. The maximum absolute atomic E-state index is 4.17. The van der Waals surface area contributed by atoms with Crippen molar-refractivity contribution in [1.29, 1.82) is 0 Å². The summed E-state index contributed by atoms with van der Waals surface area (Å²) in [6, 6.07) is 0. The molecule has 2 heterocycles. The van der Waals surface area contributed by atoms with E-state index in [0.29, 0.717) is 0 Å². The summed E-state index contributed by atoms with van der Waals surface area (Å²) in [5.74, 6) is 0.994. The molecular formula is C12H22N4. The second-order valence-electron chi connectivity index (χ2n) is 4.57. The number of nitrogens with zero attached hydrogens (tertiary/aromatic N) is 2. The number of hydrogen-bond donors (Lipinski definition) is 2. The molecule has 16 heavy (non-hydrogen) atoms. The molecule has 4 nitrogen and oxygen atoms in total. The fraction of sp³-hybridized carbons (Fsp3) is 0.750. The van der Waals surface area contributed by atoms with Crippen molar-refractivity contribution in [3.63, 3.8) is 0 Å². The van der Waals surface area contributed by atoms with Gasteiger partial charge in [0.2, 0.25) is 0 Å². The van der Waals surface area contributed by atoms with E-state index in [9.17, 15) is 0 Å². The summed E-state index contributed by atoms with van der Waals surface area (Å²) >= 11 is 0. The van der Waals surface area contributed by atoms with Crippen molar-refractivity contribution in [2.75, 3.05) is 26.2 Å². The van der Waals surface area contributed by atoms with Crippen LogP contribution in [0.3, 0.4) is 0 Å². The molecule has 0 unspecified atom stereocenters. The van der Waals surface area contributed by atoms with Gasteiger partial charge in [0.15, 0.2) is 0 Å². The zero-order valence-corrected chi connectivity index (χ0v) is 10.1. The van der Waals surface area contributed by atoms with Gasteiger partial charge in [-0.2, -0.15) is 0 Å². The maximum Gasteiger partial charge on any atom is 0.103 e. The Kier molecular flexibility index (Phi) is 4.36. The van der Waals surface area contributed by atoms with Crippen LogP contribution in [0.2, 0.25) is 0 Å². The van der Waals surface area contributed by atoms with Crippen molar-refractivity contribution in [3.8, 4) is 0 Å². The quantitative estimate of drug-likeness (QED) is 0.713. The highest BCUT2D eigenvalue weighted by atomic mass is 15.1. The van der Waals surface area contributed by atoms with Crippen molar-refractivity contribution in [3.05, 3.63) is 17.7 Å². The number of aryl methyl sites for hydroxylation is 1. The van der Waals surface area contributed by atoms with Crippen LogP contribution in [0.1, 0.15) is 30.8 Å². The van der Waals surface area contributed by atoms with Gasteiger partial charge in [-0.05, 0) is 52.4 Å². The van der Waals surface area contributed by atoms with Crippen LogP contribution >= 0.6 is 0 Å². The van der Waals surface area contributed by atoms with Gasteiger partial charge in [0.1, 0.15) is 5.82 Å². The van der Waals surface area contributed by atoms with Gasteiger partial charge in [-0.3, -0.25) is 0 Å². The Hall–Kier alpha value is -0.870. The number of rotatable bonds is 6. The Morgan fingerprint density at radius 3 is 2.94 bits per heavy atom. The molecule has 0 atom stereocenters. The fourth-order valence-electron chi connectivity index (χ4n) is 2.22. The molecule has 1 aliphatic heterocycles. The first-order valence-corrected chi connectivity index (χ1v) is 6.28. The van der Waals surface area contributed by atoms with Crippen molar-refractivity contribution in [2.24, 2.45) is 0 Å². The van der Waals surface area contributed by atoms with E-state index >= 15 is 0 Å². The van der Waals surface area contributed by atoms with Crippen LogP contribution in [0.4, 0.5) is 0 Å². The molecule has 1 aromatic rings. The molecule has 0 aromatic carbocycles. The minimum Gasteiger partial charge on any atom is -0.345 e. The highest BCUT2D eigenvalue weighted by Crippen LogP contribution is 2.06. The third-order valence-electron chi connectivity index (χ3n) is 3.10. The molecule has 0 aliphatic carbocycles. The van der Waals surface area contributed by atoms with Gasteiger partial charge in [-0.25, -0.2) is 4.98 Å². The van der Waals surface area contributed by atoms with Crippen LogP contribution in [0.5, 0.6) is 0 Å². The van der Waals surface area contributed by atoms with Crippen molar-refractivity contribution < 1.29 is 0 Å². The summed E-state index contributed by atoms with van der Waals surface area (Å²) in [5, 5.41) is 3.44. The molecule has 1 aromatic heterocycles. The summed E-state index contributed by atoms with van der Waals surface area (Å²) in [6.07, 6.45) is 5.93. The van der Waals surface area contributed by atoms with Crippen LogP contribution in [0, 0.1) is 6.92 Å². The van der Waals surface area contributed by atoms with Crippen LogP contribution in [-0.4, -0.2) is 41.0 Å². The normalized spacial score (nSPS) is 17.1. The Labute approximate surface area is 97.4 Å². The van der Waals surface area contributed by atoms with Gasteiger partial charge in [0.25, 0.3) is 0 Å². The van der Waals surface area contributed by atoms with Gasteiger partial charge >= 0.3 is 0 Å². The molecular weight excluding hydrogens is 200 g/mol. The molecule has 1 saturated heterocycles. The number of hydrogen-bond acceptors (Lipinski definition) is 3. The molecule has 1 fully saturated rings. The second kappa shape index (κ2) is 6.01. The largest absolute Gasteiger partial charge is 0.345 e. The lowest BCUT2D eigenvalue weighted by atomic mass is 10.3. The summed E-state index contributed by atoms with van der Waals surface area (Å²) in [4.78, 5) is 9.96. The predicted octanol–water partition coefficient (Wildman–Crippen LogP) is 1.29. The standard InChI is InChI=1S/C12H22N4/c1-11-14-10-12(15-11)9-13-5-4-8-16-6-2-3-7-16/h10,13H,2-9H2,1H3,(H,14,15). The smallest absolute Gasteiger partial charge is 0.103 e. The average Bonchev–Trinajstić information content (AvgIpc) is 2.89. The summed E-state index contributed by atoms with van der Waals surface area (Å²) in [6.45, 7) is 7.83. The predicted molar refractivity (Wildman–Crippen MR) is 65.3 cm³/mol. The third-order valence-corrected chi connectivity index (χ3v) is 3.10. The van der Waals surface area contributed by atoms with Crippen LogP contribution < -0.4 is 5.32 Å². The minimum atomic E-state index is 0.904. The van der Waals surface area contributed by atoms with Crippen molar-refractivity contribution in [2.45, 2.75) is 32.7 Å². The Morgan fingerprint density at radius 2 is 2.25 bits per heavy atom. The molecule has 0 radical (unpaired) electrons. The first-order valence-electron chi connectivity index (χ1n) is 6.28. The first-order chi connectivity index (χ1) is 7.84. The third kappa shape index (κ3) is 3.61. The highest BCUT2D eigenvalue weighted by molar-refractivity contribution is 4.99. The van der Waals surface area contributed by atoms with Crippen LogP contribution in [0.15, 0.2) is 6.20 Å². The molecule has 4 heteroatoms. The molecule has 0 saturated carbocycles. The lowest BCUT2D eigenvalue weighted by molar-refractivity contribution is 0.331. The molecule has 0 amide bonds. The lowest BCUT2D eigenvalue weighted by Crippen LogP contribution is -2.24. The van der Waals surface area contributed by atoms with Crippen molar-refractivity contribution in [1.82, 2.24) is 20.2 Å². The Bertz CT molecular complexity index is 302. The topological polar surface area (TPSA) is 44.0 Å². The van der Waals surface area contributed by atoms with Gasteiger partial charge in [-0.15, -0.1) is 0 Å². The fourth-order valence-corrected chi connectivity index (χ4v) is 2.22. The monoisotopic (exact) mass is 222 g/mol. The maximum atomic E-state index is 4.17. The van der Waals surface area contributed by atoms with E-state index in [1.165, 1.54) is 44.6 Å². The van der Waals surface area contributed by atoms with Crippen LogP contribution in [0.25, 0.3) is 0 Å². The number of aromatic amines is 1. The number of imidazole rings is 1. The van der Waals surface area contributed by atoms with E-state index in [1.54, 1.807) is 0 Å². The number of H-pyrrole nitrogens is 1. The first kappa shape index (κ1) is 11.6. The zero-order valence-electron chi connectivity index (χ0n) is 10.1. The zero-order chi connectivity index (χ0) is 11.2. The summed E-state index contributed by atoms with van der Waals surface area (Å²) in [7, 11) is 0. The summed E-state index contributed by atoms with van der Waals surface area (Å²) < 4.78 is 0. The molecule has 0 spiro atoms. The van der Waals surface area contributed by atoms with Gasteiger partial charge in [0, 0.05) is 18.4 Å². The number of nitrogens with one attached hydrogen (secondary N) is 2. The number of aromatic nitrogens is 2. The van der Waals surface area contributed by atoms with E-state index in [0.717, 1.165) is 18.9 Å². The van der Waals surface area contributed by atoms with E-state index in [1.807, 2.05) is 13.1 Å². The minimum absolute atomic E-state index is 0.904. The van der Waals surface area contributed by atoms with Gasteiger partial charge in [0.05, 0.1) is 0 Å². The molecule has 90 valence electrons. The van der Waals surface area contributed by atoms with Crippen LogP contribution in [-0.2, 0) is 6.54 Å². The van der Waals surface area contributed by atoms with Gasteiger partial charge < -0.3 is 15.2 Å². The van der Waals surface area contributed by atoms with Crippen molar-refractivity contribution >= 4 is 0 Å². The molecule has 2 rings (SSSR count). The Morgan fingerprint density at radius 1 is 1.44 bits per heavy atom. The SMILES string of the molecule is Cc1ncc(CNCCCN2CCCC2)[nH]1. The number of likely N-dealkylation sites (tertiary alicyclic amines) is 1. The Balaban J connectivity index is 1.51. The molecule has 1 aliphatic rings.